The van der Waals surface area contributed by atoms with Crippen LogP contribution in [0.15, 0.2) is 49.1 Å². The maximum Gasteiger partial charge on any atom is 0.150 e. The van der Waals surface area contributed by atoms with Gasteiger partial charge in [0, 0.05) is 31.2 Å². The highest BCUT2D eigenvalue weighted by molar-refractivity contribution is 6.30. The Bertz CT molecular complexity index is 861. The molecule has 0 unspecified atom stereocenters. The van der Waals surface area contributed by atoms with Crippen LogP contribution in [0.1, 0.15) is 12.8 Å². The molecule has 7 heteroatoms. The fraction of sp³-hybridized carbons (Fsp3) is 0.222. The molecule has 4 heterocycles. The molecule has 1 aliphatic heterocycles. The lowest BCUT2D eigenvalue weighted by atomic mass is 10.2. The topological polar surface area (TPSA) is 66.8 Å². The first-order valence-electron chi connectivity index (χ1n) is 8.20. The summed E-state index contributed by atoms with van der Waals surface area (Å²) in [6, 6.07) is 7.68. The number of nitrogens with zero attached hydrogens (tertiary/aromatic N) is 5. The molecule has 0 radical (unpaired) electrons. The van der Waals surface area contributed by atoms with Crippen molar-refractivity contribution in [3.8, 4) is 11.4 Å². The fourth-order valence-electron chi connectivity index (χ4n) is 2.86. The Balaban J connectivity index is 1.58. The van der Waals surface area contributed by atoms with Crippen LogP contribution in [0, 0.1) is 0 Å². The zero-order valence-corrected chi connectivity index (χ0v) is 14.3. The summed E-state index contributed by atoms with van der Waals surface area (Å²) < 4.78 is 0. The van der Waals surface area contributed by atoms with Crippen LogP contribution in [0.3, 0.4) is 0 Å². The molecule has 4 rings (SSSR count). The van der Waals surface area contributed by atoms with Gasteiger partial charge in [0.2, 0.25) is 0 Å². The minimum absolute atomic E-state index is 0.591. The summed E-state index contributed by atoms with van der Waals surface area (Å²) in [7, 11) is 0. The highest BCUT2D eigenvalue weighted by Crippen LogP contribution is 2.25. The Morgan fingerprint density at radius 3 is 2.60 bits per heavy atom. The van der Waals surface area contributed by atoms with E-state index in [1.807, 2.05) is 12.3 Å². The summed E-state index contributed by atoms with van der Waals surface area (Å²) in [5.41, 5.74) is 2.71. The Kier molecular flexibility index (Phi) is 4.43. The molecule has 25 heavy (non-hydrogen) atoms. The zero-order chi connectivity index (χ0) is 17.1. The van der Waals surface area contributed by atoms with Gasteiger partial charge in [-0.1, -0.05) is 11.6 Å². The van der Waals surface area contributed by atoms with Crippen LogP contribution in [0.5, 0.6) is 0 Å². The summed E-state index contributed by atoms with van der Waals surface area (Å²) in [4.78, 5) is 19.9. The van der Waals surface area contributed by atoms with E-state index in [2.05, 4.69) is 36.2 Å². The third-order valence-corrected chi connectivity index (χ3v) is 4.32. The molecule has 0 aromatic carbocycles. The van der Waals surface area contributed by atoms with Crippen LogP contribution in [0.4, 0.5) is 17.3 Å². The number of aromatic nitrogens is 4. The van der Waals surface area contributed by atoms with Crippen LogP contribution in [-0.4, -0.2) is 33.0 Å². The fourth-order valence-corrected chi connectivity index (χ4v) is 2.97. The van der Waals surface area contributed by atoms with E-state index in [4.69, 9.17) is 11.6 Å². The standard InChI is InChI=1S/C18H17ClN6/c19-13-3-4-17(22-10-13)24-18-12-20-11-16(23-18)15-9-14(5-6-21-15)25-7-1-2-8-25/h3-6,9-12H,1-2,7-8H2,(H,22,23,24). The number of hydrogen-bond donors (Lipinski definition) is 1. The van der Waals surface area contributed by atoms with Crippen molar-refractivity contribution in [1.29, 1.82) is 0 Å². The van der Waals surface area contributed by atoms with E-state index in [1.54, 1.807) is 30.7 Å². The van der Waals surface area contributed by atoms with Crippen molar-refractivity contribution >= 4 is 28.9 Å². The van der Waals surface area contributed by atoms with Gasteiger partial charge in [-0.05, 0) is 37.1 Å². The molecule has 3 aromatic rings. The van der Waals surface area contributed by atoms with Gasteiger partial charge in [-0.15, -0.1) is 0 Å². The summed E-state index contributed by atoms with van der Waals surface area (Å²) in [6.45, 7) is 2.19. The van der Waals surface area contributed by atoms with Gasteiger partial charge in [0.05, 0.1) is 23.1 Å². The van der Waals surface area contributed by atoms with Gasteiger partial charge in [-0.3, -0.25) is 9.97 Å². The highest BCUT2D eigenvalue weighted by atomic mass is 35.5. The molecule has 3 aromatic heterocycles. The van der Waals surface area contributed by atoms with E-state index in [0.29, 0.717) is 16.7 Å². The van der Waals surface area contributed by atoms with Crippen molar-refractivity contribution < 1.29 is 0 Å². The second kappa shape index (κ2) is 7.03. The molecule has 126 valence electrons. The van der Waals surface area contributed by atoms with Crippen molar-refractivity contribution in [3.05, 3.63) is 54.1 Å². The maximum absolute atomic E-state index is 5.86. The van der Waals surface area contributed by atoms with Crippen LogP contribution in [0.25, 0.3) is 11.4 Å². The second-order valence-electron chi connectivity index (χ2n) is 5.87. The number of hydrogen-bond acceptors (Lipinski definition) is 6. The first-order chi connectivity index (χ1) is 12.3. The Hall–Kier alpha value is -2.73. The quantitative estimate of drug-likeness (QED) is 0.767. The van der Waals surface area contributed by atoms with Crippen molar-refractivity contribution in [3.63, 3.8) is 0 Å². The van der Waals surface area contributed by atoms with E-state index in [1.165, 1.54) is 18.5 Å². The molecular weight excluding hydrogens is 336 g/mol. The number of halogens is 1. The number of rotatable bonds is 4. The van der Waals surface area contributed by atoms with Crippen molar-refractivity contribution in [2.45, 2.75) is 12.8 Å². The lowest BCUT2D eigenvalue weighted by Gasteiger charge is -2.17. The van der Waals surface area contributed by atoms with Gasteiger partial charge in [-0.2, -0.15) is 0 Å². The minimum atomic E-state index is 0.591. The normalized spacial score (nSPS) is 13.9. The lowest BCUT2D eigenvalue weighted by Crippen LogP contribution is -2.17. The molecule has 0 amide bonds. The van der Waals surface area contributed by atoms with E-state index in [0.717, 1.165) is 24.5 Å². The molecular formula is C18H17ClN6. The molecule has 0 bridgehead atoms. The zero-order valence-electron chi connectivity index (χ0n) is 13.6. The van der Waals surface area contributed by atoms with E-state index >= 15 is 0 Å². The molecule has 0 aliphatic carbocycles. The van der Waals surface area contributed by atoms with Gasteiger partial charge in [0.15, 0.2) is 5.82 Å². The van der Waals surface area contributed by atoms with E-state index < -0.39 is 0 Å². The van der Waals surface area contributed by atoms with Crippen LogP contribution < -0.4 is 10.2 Å². The predicted molar refractivity (Wildman–Crippen MR) is 99.2 cm³/mol. The van der Waals surface area contributed by atoms with Gasteiger partial charge >= 0.3 is 0 Å². The molecule has 1 N–H and O–H groups in total. The molecule has 0 atom stereocenters. The second-order valence-corrected chi connectivity index (χ2v) is 6.31. The predicted octanol–water partition coefficient (Wildman–Crippen LogP) is 3.93. The first kappa shape index (κ1) is 15.8. The van der Waals surface area contributed by atoms with Gasteiger partial charge in [0.25, 0.3) is 0 Å². The third kappa shape index (κ3) is 3.69. The lowest BCUT2D eigenvalue weighted by molar-refractivity contribution is 0.949. The Morgan fingerprint density at radius 2 is 1.80 bits per heavy atom. The summed E-state index contributed by atoms with van der Waals surface area (Å²) in [5, 5.41) is 3.72. The van der Waals surface area contributed by atoms with E-state index in [9.17, 15) is 0 Å². The average molecular weight is 353 g/mol. The summed E-state index contributed by atoms with van der Waals surface area (Å²) in [5.74, 6) is 1.27. The van der Waals surface area contributed by atoms with Gasteiger partial charge in [0.1, 0.15) is 11.5 Å². The van der Waals surface area contributed by atoms with Gasteiger partial charge < -0.3 is 10.2 Å². The molecule has 0 spiro atoms. The number of nitrogens with one attached hydrogen (secondary N) is 1. The maximum atomic E-state index is 5.86. The minimum Gasteiger partial charge on any atom is -0.371 e. The highest BCUT2D eigenvalue weighted by Gasteiger charge is 2.13. The van der Waals surface area contributed by atoms with Crippen molar-refractivity contribution in [1.82, 2.24) is 19.9 Å². The van der Waals surface area contributed by atoms with Gasteiger partial charge in [-0.25, -0.2) is 9.97 Å². The first-order valence-corrected chi connectivity index (χ1v) is 8.58. The molecule has 1 saturated heterocycles. The summed E-state index contributed by atoms with van der Waals surface area (Å²) >= 11 is 5.86. The number of anilines is 3. The Morgan fingerprint density at radius 1 is 0.920 bits per heavy atom. The molecule has 6 nitrogen and oxygen atoms in total. The smallest absolute Gasteiger partial charge is 0.150 e. The van der Waals surface area contributed by atoms with Crippen LogP contribution in [0.2, 0.25) is 5.02 Å². The molecule has 1 aliphatic rings. The number of pyridine rings is 2. The van der Waals surface area contributed by atoms with Crippen molar-refractivity contribution in [2.75, 3.05) is 23.3 Å². The van der Waals surface area contributed by atoms with Crippen LogP contribution in [-0.2, 0) is 0 Å². The Labute approximate surface area is 150 Å². The molecule has 0 saturated carbocycles. The largest absolute Gasteiger partial charge is 0.371 e. The molecule has 1 fully saturated rings. The average Bonchev–Trinajstić information content (AvgIpc) is 3.19. The SMILES string of the molecule is Clc1ccc(Nc2cncc(-c3cc(N4CCCC4)ccn3)n2)nc1. The van der Waals surface area contributed by atoms with Crippen molar-refractivity contribution in [2.24, 2.45) is 0 Å². The van der Waals surface area contributed by atoms with Crippen LogP contribution >= 0.6 is 11.6 Å². The summed E-state index contributed by atoms with van der Waals surface area (Å²) in [6.07, 6.45) is 9.27. The third-order valence-electron chi connectivity index (χ3n) is 4.10. The van der Waals surface area contributed by atoms with E-state index in [-0.39, 0.29) is 0 Å². The monoisotopic (exact) mass is 352 g/mol.